The lowest BCUT2D eigenvalue weighted by Crippen LogP contribution is -1.80. The zero-order chi connectivity index (χ0) is 6.41. The van der Waals surface area contributed by atoms with Gasteiger partial charge in [0.05, 0.1) is 7.11 Å². The van der Waals surface area contributed by atoms with Crippen LogP contribution >= 0.6 is 11.6 Å². The van der Waals surface area contributed by atoms with Gasteiger partial charge in [0.25, 0.3) is 0 Å². The Morgan fingerprint density at radius 2 is 2.62 bits per heavy atom. The van der Waals surface area contributed by atoms with Gasteiger partial charge in [-0.25, -0.2) is 0 Å². The fourth-order valence-electron chi connectivity index (χ4n) is 0.245. The Bertz CT molecular complexity index is 125. The molecule has 0 radical (unpaired) electrons. The Morgan fingerprint density at radius 1 is 2.00 bits per heavy atom. The molecule has 0 spiro atoms. The van der Waals surface area contributed by atoms with Crippen LogP contribution < -0.4 is 0 Å². The fraction of sp³-hybridized carbons (Fsp3) is 0.400. The van der Waals surface area contributed by atoms with Crippen LogP contribution in [0.15, 0.2) is 11.8 Å². The molecule has 0 bridgehead atoms. The van der Waals surface area contributed by atoms with Crippen molar-refractivity contribution >= 4 is 11.6 Å². The number of alkyl halides is 1. The molecular formula is C5H6ClNO. The van der Waals surface area contributed by atoms with Gasteiger partial charge in [-0.15, -0.1) is 11.6 Å². The molecule has 0 aromatic rings. The zero-order valence-corrected chi connectivity index (χ0v) is 5.27. The van der Waals surface area contributed by atoms with Gasteiger partial charge in [0.2, 0.25) is 0 Å². The first-order valence-corrected chi connectivity index (χ1v) is 2.58. The third-order valence-electron chi connectivity index (χ3n) is 0.593. The highest BCUT2D eigenvalue weighted by atomic mass is 35.5. The van der Waals surface area contributed by atoms with Crippen LogP contribution in [0.1, 0.15) is 0 Å². The van der Waals surface area contributed by atoms with E-state index >= 15 is 0 Å². The van der Waals surface area contributed by atoms with Crippen LogP contribution in [0.2, 0.25) is 0 Å². The van der Waals surface area contributed by atoms with Crippen LogP contribution in [0.4, 0.5) is 0 Å². The van der Waals surface area contributed by atoms with E-state index in [0.717, 1.165) is 0 Å². The van der Waals surface area contributed by atoms with Gasteiger partial charge in [-0.3, -0.25) is 0 Å². The van der Waals surface area contributed by atoms with E-state index in [4.69, 9.17) is 16.9 Å². The number of nitriles is 1. The number of hydrogen-bond acceptors (Lipinski definition) is 2. The van der Waals surface area contributed by atoms with Gasteiger partial charge < -0.3 is 4.74 Å². The van der Waals surface area contributed by atoms with Crippen molar-refractivity contribution < 1.29 is 4.74 Å². The number of rotatable bonds is 2. The van der Waals surface area contributed by atoms with Gasteiger partial charge in [-0.05, 0) is 6.08 Å². The van der Waals surface area contributed by atoms with Crippen LogP contribution in [-0.2, 0) is 4.74 Å². The molecule has 0 aliphatic heterocycles. The van der Waals surface area contributed by atoms with Gasteiger partial charge in [0.15, 0.2) is 5.76 Å². The summed E-state index contributed by atoms with van der Waals surface area (Å²) in [5.74, 6) is 0.580. The van der Waals surface area contributed by atoms with E-state index in [1.54, 1.807) is 0 Å². The molecule has 0 heterocycles. The van der Waals surface area contributed by atoms with E-state index in [1.807, 2.05) is 6.07 Å². The van der Waals surface area contributed by atoms with Crippen LogP contribution in [-0.4, -0.2) is 13.0 Å². The Hall–Kier alpha value is -0.680. The zero-order valence-electron chi connectivity index (χ0n) is 4.52. The third-order valence-corrected chi connectivity index (χ3v) is 0.747. The fourth-order valence-corrected chi connectivity index (χ4v) is 0.385. The molecule has 0 fully saturated rings. The second-order valence-corrected chi connectivity index (χ2v) is 1.35. The highest BCUT2D eigenvalue weighted by Gasteiger charge is 1.86. The van der Waals surface area contributed by atoms with Crippen molar-refractivity contribution in [2.75, 3.05) is 13.0 Å². The topological polar surface area (TPSA) is 33.0 Å². The second kappa shape index (κ2) is 4.48. The van der Waals surface area contributed by atoms with Crippen molar-refractivity contribution in [2.45, 2.75) is 0 Å². The number of methoxy groups -OCH3 is 1. The Kier molecular flexibility index (Phi) is 4.10. The summed E-state index contributed by atoms with van der Waals surface area (Å²) < 4.78 is 4.56. The number of nitrogens with zero attached hydrogens (tertiary/aromatic N) is 1. The standard InChI is InChI=1S/C5H6ClNO/c1-8-5(4-7)2-3-6/h2H,3H2,1H3. The molecule has 0 aliphatic carbocycles. The lowest BCUT2D eigenvalue weighted by Gasteiger charge is -1.89. The maximum atomic E-state index is 8.16. The molecule has 0 aliphatic rings. The molecule has 8 heavy (non-hydrogen) atoms. The van der Waals surface area contributed by atoms with Gasteiger partial charge in [-0.2, -0.15) is 5.26 Å². The Labute approximate surface area is 53.3 Å². The van der Waals surface area contributed by atoms with Crippen molar-refractivity contribution in [1.29, 1.82) is 5.26 Å². The van der Waals surface area contributed by atoms with Gasteiger partial charge >= 0.3 is 0 Å². The molecule has 0 aromatic carbocycles. The summed E-state index contributed by atoms with van der Waals surface area (Å²) in [6.45, 7) is 0. The molecule has 0 aromatic heterocycles. The highest BCUT2D eigenvalue weighted by molar-refractivity contribution is 6.18. The second-order valence-electron chi connectivity index (χ2n) is 1.04. The van der Waals surface area contributed by atoms with Crippen LogP contribution in [0, 0.1) is 11.3 Å². The summed E-state index contributed by atoms with van der Waals surface area (Å²) in [6.07, 6.45) is 1.50. The van der Waals surface area contributed by atoms with E-state index in [-0.39, 0.29) is 5.76 Å². The smallest absolute Gasteiger partial charge is 0.193 e. The maximum absolute atomic E-state index is 8.16. The van der Waals surface area contributed by atoms with Crippen LogP contribution in [0.25, 0.3) is 0 Å². The van der Waals surface area contributed by atoms with Crippen molar-refractivity contribution in [3.05, 3.63) is 11.8 Å². The van der Waals surface area contributed by atoms with Crippen LogP contribution in [0.5, 0.6) is 0 Å². The summed E-state index contributed by atoms with van der Waals surface area (Å²) in [4.78, 5) is 0. The average molecular weight is 132 g/mol. The number of halogens is 1. The highest BCUT2D eigenvalue weighted by Crippen LogP contribution is 1.91. The molecule has 0 rings (SSSR count). The molecule has 3 heteroatoms. The maximum Gasteiger partial charge on any atom is 0.193 e. The van der Waals surface area contributed by atoms with Gasteiger partial charge in [0.1, 0.15) is 6.07 Å². The van der Waals surface area contributed by atoms with E-state index in [1.165, 1.54) is 13.2 Å². The Balaban J connectivity index is 3.72. The van der Waals surface area contributed by atoms with Crippen molar-refractivity contribution in [3.8, 4) is 6.07 Å². The first-order chi connectivity index (χ1) is 3.85. The summed E-state index contributed by atoms with van der Waals surface area (Å²) in [6, 6.07) is 1.81. The molecule has 0 N–H and O–H groups in total. The number of allylic oxidation sites excluding steroid dienone is 2. The van der Waals surface area contributed by atoms with Gasteiger partial charge in [0, 0.05) is 5.88 Å². The summed E-state index contributed by atoms with van der Waals surface area (Å²) >= 11 is 5.25. The predicted molar refractivity (Wildman–Crippen MR) is 31.4 cm³/mol. The van der Waals surface area contributed by atoms with E-state index < -0.39 is 0 Å². The lowest BCUT2D eigenvalue weighted by atomic mass is 10.5. The minimum atomic E-state index is 0.264. The predicted octanol–water partition coefficient (Wildman–Crippen LogP) is 1.28. The first kappa shape index (κ1) is 7.32. The SMILES string of the molecule is COC(C#N)=CCCl. The molecule has 0 saturated carbocycles. The molecule has 44 valence electrons. The number of ether oxygens (including phenoxy) is 1. The molecule has 0 amide bonds. The van der Waals surface area contributed by atoms with Crippen LogP contribution in [0.3, 0.4) is 0 Å². The van der Waals surface area contributed by atoms with Crippen molar-refractivity contribution in [3.63, 3.8) is 0 Å². The lowest BCUT2D eigenvalue weighted by molar-refractivity contribution is 0.309. The minimum Gasteiger partial charge on any atom is -0.487 e. The molecule has 2 nitrogen and oxygen atoms in total. The first-order valence-electron chi connectivity index (χ1n) is 2.05. The quantitative estimate of drug-likeness (QED) is 0.321. The monoisotopic (exact) mass is 131 g/mol. The Morgan fingerprint density at radius 3 is 2.75 bits per heavy atom. The molecule has 0 atom stereocenters. The van der Waals surface area contributed by atoms with E-state index in [9.17, 15) is 0 Å². The van der Waals surface area contributed by atoms with E-state index in [2.05, 4.69) is 4.74 Å². The average Bonchev–Trinajstić information content (AvgIpc) is 1.83. The largest absolute Gasteiger partial charge is 0.487 e. The summed E-state index contributed by atoms with van der Waals surface area (Å²) in [5.41, 5.74) is 0. The van der Waals surface area contributed by atoms with Crippen molar-refractivity contribution in [2.24, 2.45) is 0 Å². The molecule has 0 unspecified atom stereocenters. The minimum absolute atomic E-state index is 0.264. The number of hydrogen-bond donors (Lipinski definition) is 0. The van der Waals surface area contributed by atoms with Gasteiger partial charge in [-0.1, -0.05) is 0 Å². The third kappa shape index (κ3) is 2.49. The van der Waals surface area contributed by atoms with E-state index in [0.29, 0.717) is 5.88 Å². The normalized spacial score (nSPS) is 10.4. The van der Waals surface area contributed by atoms with Crippen molar-refractivity contribution in [1.82, 2.24) is 0 Å². The molecule has 0 saturated heterocycles. The molecular weight excluding hydrogens is 126 g/mol. The summed E-state index contributed by atoms with van der Waals surface area (Å²) in [5, 5.41) is 8.16. The summed E-state index contributed by atoms with van der Waals surface area (Å²) in [7, 11) is 1.43.